The van der Waals surface area contributed by atoms with Gasteiger partial charge in [-0.2, -0.15) is 0 Å². The molecule has 0 aliphatic heterocycles. The highest BCUT2D eigenvalue weighted by molar-refractivity contribution is 7.18. The third-order valence-electron chi connectivity index (χ3n) is 5.55. The Kier molecular flexibility index (Phi) is 11.7. The van der Waals surface area contributed by atoms with Crippen molar-refractivity contribution in [2.75, 3.05) is 5.32 Å². The number of amides is 2. The fraction of sp³-hybridized carbons (Fsp3) is 0.583. The zero-order valence-electron chi connectivity index (χ0n) is 19.3. The van der Waals surface area contributed by atoms with Gasteiger partial charge in [0, 0.05) is 17.0 Å². The zero-order chi connectivity index (χ0) is 23.3. The molecule has 1 heterocycles. The van der Waals surface area contributed by atoms with Crippen LogP contribution in [0.5, 0.6) is 0 Å². The first kappa shape index (κ1) is 26.3. The topological polar surface area (TPSA) is 84.0 Å². The van der Waals surface area contributed by atoms with Crippen LogP contribution < -0.4 is 10.6 Å². The molecular weight excluding hydrogens is 444 g/mol. The molecule has 1 aromatic heterocycles. The molecule has 8 heteroatoms. The predicted octanol–water partition coefficient (Wildman–Crippen LogP) is 6.47. The van der Waals surface area contributed by atoms with Crippen molar-refractivity contribution in [1.82, 2.24) is 15.5 Å². The minimum absolute atomic E-state index is 0.00770. The van der Waals surface area contributed by atoms with Gasteiger partial charge in [-0.1, -0.05) is 101 Å². The molecule has 2 rings (SSSR count). The molecule has 0 radical (unpaired) electrons. The normalized spacial score (nSPS) is 12.9. The van der Waals surface area contributed by atoms with Gasteiger partial charge in [-0.25, -0.2) is 0 Å². The number of unbranched alkanes of at least 4 members (excludes halogenated alkanes) is 6. The lowest BCUT2D eigenvalue weighted by Crippen LogP contribution is -2.47. The standard InChI is InChI=1S/C24H35ClN4O2S/c1-4-6-7-8-9-10-11-15-20(30)26-21(17(3)5-2)22(31)27-24-29-28-23(32-24)18-13-12-14-19(25)16-18/h12-14,16-17,21H,4-11,15H2,1-3H3,(H,26,30)(H,27,29,31). The third-order valence-corrected chi connectivity index (χ3v) is 6.67. The summed E-state index contributed by atoms with van der Waals surface area (Å²) < 4.78 is 0. The van der Waals surface area contributed by atoms with Gasteiger partial charge < -0.3 is 5.32 Å². The second-order valence-corrected chi connectivity index (χ2v) is 9.63. The Morgan fingerprint density at radius 3 is 2.47 bits per heavy atom. The summed E-state index contributed by atoms with van der Waals surface area (Å²) in [6, 6.07) is 6.73. The SMILES string of the molecule is CCCCCCCCCC(=O)NC(C(=O)Nc1nnc(-c2cccc(Cl)c2)s1)C(C)CC. The molecule has 2 unspecified atom stereocenters. The first-order valence-corrected chi connectivity index (χ1v) is 12.8. The lowest BCUT2D eigenvalue weighted by Gasteiger charge is -2.23. The van der Waals surface area contributed by atoms with Gasteiger partial charge >= 0.3 is 0 Å². The zero-order valence-corrected chi connectivity index (χ0v) is 20.9. The number of halogens is 1. The minimum Gasteiger partial charge on any atom is -0.344 e. The monoisotopic (exact) mass is 478 g/mol. The van der Waals surface area contributed by atoms with E-state index in [1.54, 1.807) is 12.1 Å². The number of nitrogens with one attached hydrogen (secondary N) is 2. The quantitative estimate of drug-likeness (QED) is 0.305. The Morgan fingerprint density at radius 2 is 1.78 bits per heavy atom. The summed E-state index contributed by atoms with van der Waals surface area (Å²) in [5.74, 6) is -0.328. The van der Waals surface area contributed by atoms with E-state index in [-0.39, 0.29) is 17.7 Å². The number of anilines is 1. The molecule has 0 spiro atoms. The van der Waals surface area contributed by atoms with Crippen molar-refractivity contribution in [3.05, 3.63) is 29.3 Å². The molecule has 32 heavy (non-hydrogen) atoms. The van der Waals surface area contributed by atoms with Crippen LogP contribution in [0.25, 0.3) is 10.6 Å². The highest BCUT2D eigenvalue weighted by Crippen LogP contribution is 2.28. The maximum Gasteiger partial charge on any atom is 0.249 e. The number of hydrogen-bond acceptors (Lipinski definition) is 5. The van der Waals surface area contributed by atoms with Crippen LogP contribution in [0.1, 0.15) is 78.6 Å². The van der Waals surface area contributed by atoms with E-state index in [0.29, 0.717) is 21.6 Å². The largest absolute Gasteiger partial charge is 0.344 e. The fourth-order valence-corrected chi connectivity index (χ4v) is 4.32. The first-order chi connectivity index (χ1) is 15.4. The smallest absolute Gasteiger partial charge is 0.249 e. The highest BCUT2D eigenvalue weighted by atomic mass is 35.5. The predicted molar refractivity (Wildman–Crippen MR) is 133 cm³/mol. The number of rotatable bonds is 14. The van der Waals surface area contributed by atoms with Gasteiger partial charge in [0.15, 0.2) is 0 Å². The van der Waals surface area contributed by atoms with E-state index in [1.807, 2.05) is 26.0 Å². The van der Waals surface area contributed by atoms with Crippen LogP contribution in [0, 0.1) is 5.92 Å². The molecule has 0 saturated carbocycles. The Bertz CT molecular complexity index is 858. The molecule has 2 atom stereocenters. The highest BCUT2D eigenvalue weighted by Gasteiger charge is 2.26. The van der Waals surface area contributed by atoms with Crippen LogP contribution >= 0.6 is 22.9 Å². The molecule has 0 saturated heterocycles. The van der Waals surface area contributed by atoms with Gasteiger partial charge in [-0.3, -0.25) is 14.9 Å². The van der Waals surface area contributed by atoms with E-state index in [9.17, 15) is 9.59 Å². The number of carbonyl (C=O) groups excluding carboxylic acids is 2. The van der Waals surface area contributed by atoms with Gasteiger partial charge in [-0.05, 0) is 24.5 Å². The molecule has 6 nitrogen and oxygen atoms in total. The van der Waals surface area contributed by atoms with Crippen LogP contribution in [-0.4, -0.2) is 28.1 Å². The second kappa shape index (κ2) is 14.2. The van der Waals surface area contributed by atoms with Crippen LogP contribution in [0.15, 0.2) is 24.3 Å². The van der Waals surface area contributed by atoms with Gasteiger partial charge in [0.25, 0.3) is 0 Å². The van der Waals surface area contributed by atoms with Gasteiger partial charge in [0.2, 0.25) is 16.9 Å². The van der Waals surface area contributed by atoms with E-state index >= 15 is 0 Å². The maximum absolute atomic E-state index is 12.9. The van der Waals surface area contributed by atoms with E-state index in [4.69, 9.17) is 11.6 Å². The molecule has 0 fully saturated rings. The maximum atomic E-state index is 12.9. The molecule has 176 valence electrons. The van der Waals surface area contributed by atoms with Crippen LogP contribution in [0.2, 0.25) is 5.02 Å². The fourth-order valence-electron chi connectivity index (χ4n) is 3.39. The van der Waals surface area contributed by atoms with Gasteiger partial charge in [-0.15, -0.1) is 10.2 Å². The summed E-state index contributed by atoms with van der Waals surface area (Å²) in [4.78, 5) is 25.4. The second-order valence-electron chi connectivity index (χ2n) is 8.21. The molecule has 2 amide bonds. The average molecular weight is 479 g/mol. The lowest BCUT2D eigenvalue weighted by atomic mass is 9.98. The van der Waals surface area contributed by atoms with E-state index in [2.05, 4.69) is 27.8 Å². The molecule has 0 aliphatic carbocycles. The average Bonchev–Trinajstić information content (AvgIpc) is 3.24. The van der Waals surface area contributed by atoms with Crippen molar-refractivity contribution < 1.29 is 9.59 Å². The van der Waals surface area contributed by atoms with Crippen molar-refractivity contribution in [1.29, 1.82) is 0 Å². The Morgan fingerprint density at radius 1 is 1.06 bits per heavy atom. The molecule has 2 aromatic rings. The lowest BCUT2D eigenvalue weighted by molar-refractivity contribution is -0.127. The summed E-state index contributed by atoms with van der Waals surface area (Å²) in [7, 11) is 0. The van der Waals surface area contributed by atoms with Crippen LogP contribution in [0.4, 0.5) is 5.13 Å². The van der Waals surface area contributed by atoms with Crippen molar-refractivity contribution in [3.63, 3.8) is 0 Å². The van der Waals surface area contributed by atoms with Crippen LogP contribution in [-0.2, 0) is 9.59 Å². The first-order valence-electron chi connectivity index (χ1n) is 11.6. The summed E-state index contributed by atoms with van der Waals surface area (Å²) in [5, 5.41) is 15.7. The Hall–Kier alpha value is -1.99. The van der Waals surface area contributed by atoms with Crippen molar-refractivity contribution >= 4 is 39.9 Å². The van der Waals surface area contributed by atoms with Gasteiger partial charge in [0.1, 0.15) is 11.0 Å². The number of aromatic nitrogens is 2. The van der Waals surface area contributed by atoms with Crippen molar-refractivity contribution in [2.45, 2.75) is 84.6 Å². The number of hydrogen-bond donors (Lipinski definition) is 2. The molecule has 2 N–H and O–H groups in total. The third kappa shape index (κ3) is 8.87. The van der Waals surface area contributed by atoms with E-state index in [1.165, 1.54) is 37.0 Å². The summed E-state index contributed by atoms with van der Waals surface area (Å²) in [5.41, 5.74) is 0.844. The molecule has 0 bridgehead atoms. The molecule has 0 aliphatic rings. The summed E-state index contributed by atoms with van der Waals surface area (Å²) >= 11 is 7.32. The van der Waals surface area contributed by atoms with Crippen molar-refractivity contribution in [3.8, 4) is 10.6 Å². The number of nitrogens with zero attached hydrogens (tertiary/aromatic N) is 2. The number of benzene rings is 1. The molecule has 1 aromatic carbocycles. The van der Waals surface area contributed by atoms with Crippen molar-refractivity contribution in [2.24, 2.45) is 5.92 Å². The minimum atomic E-state index is -0.601. The van der Waals surface area contributed by atoms with Crippen LogP contribution in [0.3, 0.4) is 0 Å². The summed E-state index contributed by atoms with van der Waals surface area (Å²) in [6.45, 7) is 6.18. The Labute approximate surface area is 200 Å². The van der Waals surface area contributed by atoms with E-state index < -0.39 is 6.04 Å². The van der Waals surface area contributed by atoms with Gasteiger partial charge in [0.05, 0.1) is 0 Å². The molecular formula is C24H35ClN4O2S. The Balaban J connectivity index is 1.88. The van der Waals surface area contributed by atoms with E-state index in [0.717, 1.165) is 31.2 Å². The summed E-state index contributed by atoms with van der Waals surface area (Å²) in [6.07, 6.45) is 9.30. The number of carbonyl (C=O) groups is 2.